The SMILES string of the molecule is COc1ccc(COCCNC2CCCC2)cc1. The number of nitrogens with one attached hydrogen (secondary N) is 1. The second-order valence-corrected chi connectivity index (χ2v) is 4.84. The molecule has 0 atom stereocenters. The maximum atomic E-state index is 5.65. The molecule has 100 valence electrons. The summed E-state index contributed by atoms with van der Waals surface area (Å²) < 4.78 is 10.8. The van der Waals surface area contributed by atoms with Crippen molar-refractivity contribution in [2.75, 3.05) is 20.3 Å². The molecule has 1 aliphatic carbocycles. The second kappa shape index (κ2) is 7.39. The first kappa shape index (κ1) is 13.4. The number of hydrogen-bond acceptors (Lipinski definition) is 3. The lowest BCUT2D eigenvalue weighted by Crippen LogP contribution is -2.29. The van der Waals surface area contributed by atoms with Gasteiger partial charge in [-0.25, -0.2) is 0 Å². The lowest BCUT2D eigenvalue weighted by molar-refractivity contribution is 0.120. The van der Waals surface area contributed by atoms with Gasteiger partial charge in [0.25, 0.3) is 0 Å². The molecule has 0 amide bonds. The minimum atomic E-state index is 0.677. The molecule has 3 nitrogen and oxygen atoms in total. The van der Waals surface area contributed by atoms with Crippen molar-refractivity contribution >= 4 is 0 Å². The van der Waals surface area contributed by atoms with E-state index in [-0.39, 0.29) is 0 Å². The van der Waals surface area contributed by atoms with Gasteiger partial charge in [-0.05, 0) is 30.5 Å². The Morgan fingerprint density at radius 1 is 1.17 bits per heavy atom. The van der Waals surface area contributed by atoms with Gasteiger partial charge in [-0.2, -0.15) is 0 Å². The highest BCUT2D eigenvalue weighted by molar-refractivity contribution is 5.26. The van der Waals surface area contributed by atoms with E-state index in [9.17, 15) is 0 Å². The molecular formula is C15H23NO2. The Kier molecular flexibility index (Phi) is 5.49. The van der Waals surface area contributed by atoms with Crippen molar-refractivity contribution in [2.45, 2.75) is 38.3 Å². The van der Waals surface area contributed by atoms with Crippen LogP contribution in [0.2, 0.25) is 0 Å². The molecule has 1 N–H and O–H groups in total. The first-order valence-corrected chi connectivity index (χ1v) is 6.82. The van der Waals surface area contributed by atoms with Gasteiger partial charge in [0.1, 0.15) is 5.75 Å². The fourth-order valence-corrected chi connectivity index (χ4v) is 2.38. The van der Waals surface area contributed by atoms with Crippen LogP contribution in [-0.4, -0.2) is 26.3 Å². The molecular weight excluding hydrogens is 226 g/mol. The van der Waals surface area contributed by atoms with Crippen LogP contribution in [0.1, 0.15) is 31.2 Å². The molecule has 1 saturated carbocycles. The molecule has 18 heavy (non-hydrogen) atoms. The van der Waals surface area contributed by atoms with E-state index in [0.29, 0.717) is 6.61 Å². The Morgan fingerprint density at radius 3 is 2.56 bits per heavy atom. The Hall–Kier alpha value is -1.06. The summed E-state index contributed by atoms with van der Waals surface area (Å²) in [4.78, 5) is 0. The standard InChI is InChI=1S/C15H23NO2/c1-17-15-8-6-13(7-9-15)12-18-11-10-16-14-4-2-3-5-14/h6-9,14,16H,2-5,10-12H2,1H3. The molecule has 0 aliphatic heterocycles. The zero-order valence-electron chi connectivity index (χ0n) is 11.2. The summed E-state index contributed by atoms with van der Waals surface area (Å²) in [7, 11) is 1.68. The van der Waals surface area contributed by atoms with E-state index in [4.69, 9.17) is 9.47 Å². The zero-order chi connectivity index (χ0) is 12.6. The molecule has 3 heteroatoms. The van der Waals surface area contributed by atoms with Crippen LogP contribution in [0.5, 0.6) is 5.75 Å². The number of ether oxygens (including phenoxy) is 2. The van der Waals surface area contributed by atoms with Crippen LogP contribution in [0.3, 0.4) is 0 Å². The molecule has 1 aromatic carbocycles. The van der Waals surface area contributed by atoms with E-state index >= 15 is 0 Å². The lowest BCUT2D eigenvalue weighted by atomic mass is 10.2. The molecule has 1 aromatic rings. The summed E-state index contributed by atoms with van der Waals surface area (Å²) in [6.45, 7) is 2.42. The lowest BCUT2D eigenvalue weighted by Gasteiger charge is -2.11. The molecule has 0 unspecified atom stereocenters. The average molecular weight is 249 g/mol. The first-order chi connectivity index (χ1) is 8.88. The Balaban J connectivity index is 1.56. The van der Waals surface area contributed by atoms with Crippen molar-refractivity contribution in [1.82, 2.24) is 5.32 Å². The fraction of sp³-hybridized carbons (Fsp3) is 0.600. The summed E-state index contributed by atoms with van der Waals surface area (Å²) in [5.74, 6) is 0.890. The summed E-state index contributed by atoms with van der Waals surface area (Å²) in [5.41, 5.74) is 1.19. The van der Waals surface area contributed by atoms with Gasteiger partial charge in [-0.1, -0.05) is 25.0 Å². The van der Waals surface area contributed by atoms with Crippen molar-refractivity contribution in [2.24, 2.45) is 0 Å². The summed E-state index contributed by atoms with van der Waals surface area (Å²) in [6, 6.07) is 8.76. The van der Waals surface area contributed by atoms with Crippen LogP contribution in [-0.2, 0) is 11.3 Å². The minimum Gasteiger partial charge on any atom is -0.497 e. The van der Waals surface area contributed by atoms with E-state index in [0.717, 1.165) is 24.9 Å². The highest BCUT2D eigenvalue weighted by Crippen LogP contribution is 2.17. The highest BCUT2D eigenvalue weighted by atomic mass is 16.5. The van der Waals surface area contributed by atoms with Gasteiger partial charge in [0, 0.05) is 12.6 Å². The third-order valence-corrected chi connectivity index (χ3v) is 3.46. The fourth-order valence-electron chi connectivity index (χ4n) is 2.38. The molecule has 0 radical (unpaired) electrons. The summed E-state index contributed by atoms with van der Waals surface area (Å²) in [6.07, 6.45) is 5.42. The van der Waals surface area contributed by atoms with Crippen LogP contribution in [0.25, 0.3) is 0 Å². The van der Waals surface area contributed by atoms with E-state index in [2.05, 4.69) is 5.32 Å². The highest BCUT2D eigenvalue weighted by Gasteiger charge is 2.13. The largest absolute Gasteiger partial charge is 0.497 e. The van der Waals surface area contributed by atoms with Gasteiger partial charge in [0.15, 0.2) is 0 Å². The van der Waals surface area contributed by atoms with Gasteiger partial charge in [0.2, 0.25) is 0 Å². The number of methoxy groups -OCH3 is 1. The molecule has 1 aliphatic rings. The van der Waals surface area contributed by atoms with E-state index in [1.807, 2.05) is 24.3 Å². The van der Waals surface area contributed by atoms with Gasteiger partial charge in [0.05, 0.1) is 20.3 Å². The number of rotatable bonds is 7. The van der Waals surface area contributed by atoms with Crippen molar-refractivity contribution in [3.05, 3.63) is 29.8 Å². The number of hydrogen-bond donors (Lipinski definition) is 1. The van der Waals surface area contributed by atoms with Crippen LogP contribution in [0.15, 0.2) is 24.3 Å². The Morgan fingerprint density at radius 2 is 1.89 bits per heavy atom. The van der Waals surface area contributed by atoms with E-state index in [1.165, 1.54) is 31.2 Å². The minimum absolute atomic E-state index is 0.677. The molecule has 1 fully saturated rings. The molecule has 0 heterocycles. The average Bonchev–Trinajstić information content (AvgIpc) is 2.92. The Bertz CT molecular complexity index is 331. The molecule has 0 bridgehead atoms. The van der Waals surface area contributed by atoms with Crippen LogP contribution in [0.4, 0.5) is 0 Å². The topological polar surface area (TPSA) is 30.5 Å². The quantitative estimate of drug-likeness (QED) is 0.754. The van der Waals surface area contributed by atoms with Crippen LogP contribution < -0.4 is 10.1 Å². The van der Waals surface area contributed by atoms with Crippen molar-refractivity contribution in [3.8, 4) is 5.75 Å². The van der Waals surface area contributed by atoms with Gasteiger partial charge in [-0.15, -0.1) is 0 Å². The van der Waals surface area contributed by atoms with Crippen molar-refractivity contribution < 1.29 is 9.47 Å². The van der Waals surface area contributed by atoms with Crippen molar-refractivity contribution in [3.63, 3.8) is 0 Å². The third kappa shape index (κ3) is 4.31. The normalized spacial score (nSPS) is 16.1. The van der Waals surface area contributed by atoms with Gasteiger partial charge >= 0.3 is 0 Å². The van der Waals surface area contributed by atoms with Crippen LogP contribution in [0, 0.1) is 0 Å². The van der Waals surface area contributed by atoms with E-state index < -0.39 is 0 Å². The maximum Gasteiger partial charge on any atom is 0.118 e. The third-order valence-electron chi connectivity index (χ3n) is 3.46. The monoisotopic (exact) mass is 249 g/mol. The summed E-state index contributed by atoms with van der Waals surface area (Å²) in [5, 5.41) is 3.54. The second-order valence-electron chi connectivity index (χ2n) is 4.84. The number of benzene rings is 1. The van der Waals surface area contributed by atoms with Crippen LogP contribution >= 0.6 is 0 Å². The maximum absolute atomic E-state index is 5.65. The molecule has 2 rings (SSSR count). The summed E-state index contributed by atoms with van der Waals surface area (Å²) >= 11 is 0. The zero-order valence-corrected chi connectivity index (χ0v) is 11.2. The van der Waals surface area contributed by atoms with Gasteiger partial charge in [-0.3, -0.25) is 0 Å². The predicted molar refractivity (Wildman–Crippen MR) is 72.9 cm³/mol. The van der Waals surface area contributed by atoms with Gasteiger partial charge < -0.3 is 14.8 Å². The Labute approximate surface area is 109 Å². The smallest absolute Gasteiger partial charge is 0.118 e. The van der Waals surface area contributed by atoms with E-state index in [1.54, 1.807) is 7.11 Å². The first-order valence-electron chi connectivity index (χ1n) is 6.82. The molecule has 0 aromatic heterocycles. The predicted octanol–water partition coefficient (Wildman–Crippen LogP) is 2.74. The van der Waals surface area contributed by atoms with Crippen molar-refractivity contribution in [1.29, 1.82) is 0 Å². The molecule has 0 spiro atoms. The molecule has 0 saturated heterocycles.